The van der Waals surface area contributed by atoms with E-state index in [0.29, 0.717) is 11.6 Å². The Bertz CT molecular complexity index is 437. The molecule has 4 nitrogen and oxygen atoms in total. The third-order valence-electron chi connectivity index (χ3n) is 3.46. The van der Waals surface area contributed by atoms with Crippen molar-refractivity contribution in [2.45, 2.75) is 32.2 Å². The Balaban J connectivity index is 2.05. The van der Waals surface area contributed by atoms with Crippen molar-refractivity contribution in [2.24, 2.45) is 0 Å². The lowest BCUT2D eigenvalue weighted by Crippen LogP contribution is -2.20. The molecule has 4 heteroatoms. The molecule has 1 aliphatic heterocycles. The molecular formula is C15H21NO3. The molecule has 1 aliphatic rings. The summed E-state index contributed by atoms with van der Waals surface area (Å²) in [6.45, 7) is 3.68. The summed E-state index contributed by atoms with van der Waals surface area (Å²) in [4.78, 5) is 11.5. The van der Waals surface area contributed by atoms with Crippen molar-refractivity contribution < 1.29 is 14.3 Å². The maximum absolute atomic E-state index is 11.5. The van der Waals surface area contributed by atoms with Crippen LogP contribution in [0.1, 0.15) is 35.2 Å². The third-order valence-corrected chi connectivity index (χ3v) is 3.46. The van der Waals surface area contributed by atoms with Crippen molar-refractivity contribution in [2.75, 3.05) is 25.6 Å². The van der Waals surface area contributed by atoms with Crippen LogP contribution in [-0.4, -0.2) is 32.3 Å². The van der Waals surface area contributed by atoms with Gasteiger partial charge in [-0.2, -0.15) is 0 Å². The van der Waals surface area contributed by atoms with Gasteiger partial charge in [0.15, 0.2) is 0 Å². The first-order chi connectivity index (χ1) is 9.20. The van der Waals surface area contributed by atoms with Crippen LogP contribution in [-0.2, 0) is 9.47 Å². The summed E-state index contributed by atoms with van der Waals surface area (Å²) >= 11 is 0. The normalized spacial score (nSPS) is 19.6. The molecule has 1 atom stereocenters. The minimum Gasteiger partial charge on any atom is -0.465 e. The average Bonchev–Trinajstić information content (AvgIpc) is 2.68. The number of carbonyl (C=O) groups is 1. The van der Waals surface area contributed by atoms with E-state index in [0.717, 1.165) is 43.7 Å². The number of esters is 1. The largest absolute Gasteiger partial charge is 0.465 e. The highest BCUT2D eigenvalue weighted by Gasteiger charge is 2.14. The van der Waals surface area contributed by atoms with Gasteiger partial charge in [0, 0.05) is 24.9 Å². The highest BCUT2D eigenvalue weighted by molar-refractivity contribution is 5.90. The van der Waals surface area contributed by atoms with Crippen molar-refractivity contribution in [3.63, 3.8) is 0 Å². The Hall–Kier alpha value is -1.55. The molecule has 2 rings (SSSR count). The number of hydrogen-bond acceptors (Lipinski definition) is 4. The van der Waals surface area contributed by atoms with Gasteiger partial charge in [-0.25, -0.2) is 4.79 Å². The number of methoxy groups -OCH3 is 1. The maximum atomic E-state index is 11.5. The number of nitrogens with one attached hydrogen (secondary N) is 1. The molecular weight excluding hydrogens is 242 g/mol. The van der Waals surface area contributed by atoms with Gasteiger partial charge in [0.2, 0.25) is 0 Å². The molecule has 0 radical (unpaired) electrons. The van der Waals surface area contributed by atoms with E-state index in [2.05, 4.69) is 5.32 Å². The molecule has 1 aromatic carbocycles. The second-order valence-electron chi connectivity index (χ2n) is 4.91. The number of aryl methyl sites for hydroxylation is 1. The minimum absolute atomic E-state index is 0.294. The Morgan fingerprint density at radius 2 is 2.21 bits per heavy atom. The highest BCUT2D eigenvalue weighted by atomic mass is 16.5. The molecule has 19 heavy (non-hydrogen) atoms. The Labute approximate surface area is 114 Å². The van der Waals surface area contributed by atoms with Gasteiger partial charge in [0.25, 0.3) is 0 Å². The Morgan fingerprint density at radius 1 is 1.37 bits per heavy atom. The molecule has 1 heterocycles. The summed E-state index contributed by atoms with van der Waals surface area (Å²) < 4.78 is 10.2. The molecule has 0 bridgehead atoms. The molecule has 0 aromatic heterocycles. The number of rotatable bonds is 3. The molecule has 0 aliphatic carbocycles. The van der Waals surface area contributed by atoms with Crippen molar-refractivity contribution in [1.29, 1.82) is 0 Å². The predicted octanol–water partition coefficient (Wildman–Crippen LogP) is 2.76. The quantitative estimate of drug-likeness (QED) is 0.852. The topological polar surface area (TPSA) is 47.6 Å². The molecule has 0 amide bonds. The van der Waals surface area contributed by atoms with E-state index in [9.17, 15) is 4.79 Å². The van der Waals surface area contributed by atoms with Crippen molar-refractivity contribution in [1.82, 2.24) is 0 Å². The van der Waals surface area contributed by atoms with Crippen LogP contribution in [0.3, 0.4) is 0 Å². The predicted molar refractivity (Wildman–Crippen MR) is 74.6 cm³/mol. The fourth-order valence-corrected chi connectivity index (χ4v) is 2.34. The molecule has 0 spiro atoms. The number of ether oxygens (including phenoxy) is 2. The van der Waals surface area contributed by atoms with Crippen LogP contribution in [0, 0.1) is 6.92 Å². The van der Waals surface area contributed by atoms with Crippen LogP contribution < -0.4 is 5.32 Å². The van der Waals surface area contributed by atoms with E-state index in [4.69, 9.17) is 9.47 Å². The van der Waals surface area contributed by atoms with Crippen molar-refractivity contribution >= 4 is 11.7 Å². The molecule has 1 aromatic rings. The van der Waals surface area contributed by atoms with Gasteiger partial charge < -0.3 is 14.8 Å². The minimum atomic E-state index is -0.294. The molecule has 104 valence electrons. The van der Waals surface area contributed by atoms with Crippen LogP contribution in [0.15, 0.2) is 18.2 Å². The summed E-state index contributed by atoms with van der Waals surface area (Å²) in [5, 5.41) is 3.54. The molecule has 0 saturated carbocycles. The summed E-state index contributed by atoms with van der Waals surface area (Å²) in [6.07, 6.45) is 3.24. The molecule has 1 N–H and O–H groups in total. The van der Waals surface area contributed by atoms with Gasteiger partial charge in [0.1, 0.15) is 0 Å². The Kier molecular flexibility index (Phi) is 4.80. The van der Waals surface area contributed by atoms with E-state index < -0.39 is 0 Å². The van der Waals surface area contributed by atoms with Crippen LogP contribution in [0.2, 0.25) is 0 Å². The van der Waals surface area contributed by atoms with Gasteiger partial charge in [-0.3, -0.25) is 0 Å². The van der Waals surface area contributed by atoms with Crippen LogP contribution in [0.5, 0.6) is 0 Å². The van der Waals surface area contributed by atoms with Crippen LogP contribution in [0.4, 0.5) is 5.69 Å². The average molecular weight is 263 g/mol. The maximum Gasteiger partial charge on any atom is 0.337 e. The van der Waals surface area contributed by atoms with E-state index in [1.54, 1.807) is 6.07 Å². The smallest absolute Gasteiger partial charge is 0.337 e. The van der Waals surface area contributed by atoms with Crippen LogP contribution in [0.25, 0.3) is 0 Å². The van der Waals surface area contributed by atoms with E-state index in [1.165, 1.54) is 7.11 Å². The lowest BCUT2D eigenvalue weighted by Gasteiger charge is -2.19. The fourth-order valence-electron chi connectivity index (χ4n) is 2.34. The SMILES string of the molecule is COC(=O)c1ccc(NC2CCCOCC2)c(C)c1. The second-order valence-corrected chi connectivity index (χ2v) is 4.91. The summed E-state index contributed by atoms with van der Waals surface area (Å²) in [7, 11) is 1.40. The highest BCUT2D eigenvalue weighted by Crippen LogP contribution is 2.21. The summed E-state index contributed by atoms with van der Waals surface area (Å²) in [5.41, 5.74) is 2.74. The standard InChI is InChI=1S/C15H21NO3/c1-11-10-12(15(17)18-2)5-6-14(11)16-13-4-3-8-19-9-7-13/h5-6,10,13,16H,3-4,7-9H2,1-2H3. The zero-order valence-electron chi connectivity index (χ0n) is 11.6. The summed E-state index contributed by atoms with van der Waals surface area (Å²) in [5.74, 6) is -0.294. The summed E-state index contributed by atoms with van der Waals surface area (Å²) in [6, 6.07) is 6.06. The van der Waals surface area contributed by atoms with E-state index in [-0.39, 0.29) is 5.97 Å². The number of carbonyl (C=O) groups excluding carboxylic acids is 1. The van der Waals surface area contributed by atoms with E-state index in [1.807, 2.05) is 19.1 Å². The second kappa shape index (κ2) is 6.57. The molecule has 1 fully saturated rings. The zero-order chi connectivity index (χ0) is 13.7. The third kappa shape index (κ3) is 3.70. The van der Waals surface area contributed by atoms with Gasteiger partial charge in [-0.1, -0.05) is 0 Å². The van der Waals surface area contributed by atoms with Gasteiger partial charge in [0.05, 0.1) is 12.7 Å². The number of benzene rings is 1. The Morgan fingerprint density at radius 3 is 2.95 bits per heavy atom. The first kappa shape index (κ1) is 13.9. The monoisotopic (exact) mass is 263 g/mol. The van der Waals surface area contributed by atoms with Gasteiger partial charge in [-0.15, -0.1) is 0 Å². The van der Waals surface area contributed by atoms with Crippen LogP contribution >= 0.6 is 0 Å². The van der Waals surface area contributed by atoms with E-state index >= 15 is 0 Å². The van der Waals surface area contributed by atoms with Crippen molar-refractivity contribution in [3.8, 4) is 0 Å². The first-order valence-electron chi connectivity index (χ1n) is 6.74. The van der Waals surface area contributed by atoms with Crippen molar-refractivity contribution in [3.05, 3.63) is 29.3 Å². The molecule has 1 unspecified atom stereocenters. The fraction of sp³-hybridized carbons (Fsp3) is 0.533. The van der Waals surface area contributed by atoms with Gasteiger partial charge >= 0.3 is 5.97 Å². The molecule has 1 saturated heterocycles. The lowest BCUT2D eigenvalue weighted by atomic mass is 10.1. The number of hydrogen-bond donors (Lipinski definition) is 1. The number of anilines is 1. The zero-order valence-corrected chi connectivity index (χ0v) is 11.6. The first-order valence-corrected chi connectivity index (χ1v) is 6.74. The lowest BCUT2D eigenvalue weighted by molar-refractivity contribution is 0.0600. The van der Waals surface area contributed by atoms with Gasteiger partial charge in [-0.05, 0) is 49.9 Å².